The highest BCUT2D eigenvalue weighted by Crippen LogP contribution is 2.61. The van der Waals surface area contributed by atoms with Crippen LogP contribution in [-0.4, -0.2) is 88.1 Å². The number of carbonyl (C=O) groups is 4. The van der Waals surface area contributed by atoms with Crippen LogP contribution >= 0.6 is 27.5 Å². The van der Waals surface area contributed by atoms with E-state index in [0.717, 1.165) is 0 Å². The van der Waals surface area contributed by atoms with Crippen molar-refractivity contribution in [3.8, 4) is 0 Å². The molecule has 3 aliphatic rings. The zero-order valence-corrected chi connectivity index (χ0v) is 28.3. The van der Waals surface area contributed by atoms with Crippen LogP contribution in [0.4, 0.5) is 5.69 Å². The van der Waals surface area contributed by atoms with Crippen LogP contribution in [0, 0.1) is 17.8 Å². The molecule has 45 heavy (non-hydrogen) atoms. The minimum absolute atomic E-state index is 0.104. The molecule has 3 fully saturated rings. The van der Waals surface area contributed by atoms with Crippen LogP contribution in [0.15, 0.2) is 49.6 Å². The number of aliphatic hydroxyl groups excluding tert-OH is 1. The first kappa shape index (κ1) is 35.1. The van der Waals surface area contributed by atoms with Gasteiger partial charge in [-0.1, -0.05) is 60.0 Å². The molecule has 10 nitrogen and oxygen atoms in total. The van der Waals surface area contributed by atoms with Crippen LogP contribution in [0.25, 0.3) is 0 Å². The number of anilines is 1. The summed E-state index contributed by atoms with van der Waals surface area (Å²) in [5, 5.41) is 13.9. The predicted octanol–water partition coefficient (Wildman–Crippen LogP) is 4.03. The van der Waals surface area contributed by atoms with E-state index in [1.54, 1.807) is 43.3 Å². The summed E-state index contributed by atoms with van der Waals surface area (Å²) in [6.45, 7) is 12.9. The van der Waals surface area contributed by atoms with E-state index in [-0.39, 0.29) is 42.8 Å². The molecular weight excluding hydrogens is 666 g/mol. The van der Waals surface area contributed by atoms with Gasteiger partial charge in [0.1, 0.15) is 17.7 Å². The number of alkyl halides is 1. The zero-order chi connectivity index (χ0) is 33.1. The number of rotatable bonds is 15. The minimum Gasteiger partial charge on any atom is -0.460 e. The van der Waals surface area contributed by atoms with Crippen molar-refractivity contribution in [2.24, 2.45) is 17.8 Å². The molecule has 0 radical (unpaired) electrons. The number of hydrogen-bond donors (Lipinski definition) is 2. The van der Waals surface area contributed by atoms with Gasteiger partial charge in [0, 0.05) is 28.5 Å². The molecule has 3 saturated heterocycles. The van der Waals surface area contributed by atoms with Crippen molar-refractivity contribution in [3.63, 3.8) is 0 Å². The SMILES string of the molecule is C=CCCC(=O)NC[C@H](C)OC(=O)[C@@H]1[C@H]2O[C@@]3(CC2Br)[C@H](C(=O)N(CC=C)c2ccc(Cl)cc2)N([C@@H](CO)[C@@H](C)CC)C(=O)[C@@H]13. The van der Waals surface area contributed by atoms with Crippen molar-refractivity contribution < 1.29 is 33.8 Å². The molecule has 1 aromatic rings. The first-order valence-electron chi connectivity index (χ1n) is 15.5. The highest BCUT2D eigenvalue weighted by atomic mass is 79.9. The first-order valence-corrected chi connectivity index (χ1v) is 16.8. The lowest BCUT2D eigenvalue weighted by Crippen LogP contribution is -2.60. The number of ether oxygens (including phenoxy) is 2. The number of halogens is 2. The lowest BCUT2D eigenvalue weighted by molar-refractivity contribution is -0.160. The standard InChI is InChI=1S/C33H43BrClN3O7/c1-6-9-10-25(40)36-17-20(5)44-32(43)26-27-30(41)38(24(18-39)19(4)8-3)29(33(27)16-23(34)28(26)45-33)31(42)37(15-7-2)22-13-11-21(35)12-14-22/h6-7,11-14,19-20,23-24,26-29,39H,1-2,8-10,15-18H2,3-5H3,(H,36,40)/t19-,20-,23?,24-,26-,27+,28-,29-,33+/m0/s1. The number of allylic oxidation sites excluding steroid dienone is 1. The first-order chi connectivity index (χ1) is 21.4. The Kier molecular flexibility index (Phi) is 11.5. The van der Waals surface area contributed by atoms with E-state index in [1.807, 2.05) is 13.8 Å². The Balaban J connectivity index is 1.71. The van der Waals surface area contributed by atoms with Crippen molar-refractivity contribution in [3.05, 3.63) is 54.6 Å². The molecule has 9 atom stereocenters. The number of fused-ring (bicyclic) bond motifs is 1. The molecule has 2 bridgehead atoms. The van der Waals surface area contributed by atoms with Crippen LogP contribution in [0.1, 0.15) is 46.5 Å². The lowest BCUT2D eigenvalue weighted by atomic mass is 9.70. The predicted molar refractivity (Wildman–Crippen MR) is 175 cm³/mol. The van der Waals surface area contributed by atoms with E-state index < -0.39 is 59.5 Å². The maximum atomic E-state index is 14.7. The van der Waals surface area contributed by atoms with E-state index in [0.29, 0.717) is 30.0 Å². The molecule has 0 aliphatic carbocycles. The summed E-state index contributed by atoms with van der Waals surface area (Å²) >= 11 is 9.81. The molecule has 1 unspecified atom stereocenters. The Labute approximate surface area is 278 Å². The normalized spacial score (nSPS) is 28.6. The van der Waals surface area contributed by atoms with Gasteiger partial charge >= 0.3 is 5.97 Å². The van der Waals surface area contributed by atoms with Gasteiger partial charge in [-0.2, -0.15) is 0 Å². The molecular formula is C33H43BrClN3O7. The number of hydrogen-bond acceptors (Lipinski definition) is 7. The van der Waals surface area contributed by atoms with E-state index >= 15 is 0 Å². The molecule has 0 aromatic heterocycles. The second-order valence-electron chi connectivity index (χ2n) is 12.1. The van der Waals surface area contributed by atoms with Crippen LogP contribution in [-0.2, 0) is 28.7 Å². The van der Waals surface area contributed by atoms with Crippen LogP contribution in [0.5, 0.6) is 0 Å². The van der Waals surface area contributed by atoms with Gasteiger partial charge < -0.3 is 29.7 Å². The second-order valence-corrected chi connectivity index (χ2v) is 13.7. The van der Waals surface area contributed by atoms with Gasteiger partial charge in [-0.3, -0.25) is 19.2 Å². The van der Waals surface area contributed by atoms with Crippen molar-refractivity contribution in [1.29, 1.82) is 0 Å². The van der Waals surface area contributed by atoms with Gasteiger partial charge in [-0.15, -0.1) is 13.2 Å². The van der Waals surface area contributed by atoms with Gasteiger partial charge in [0.2, 0.25) is 11.8 Å². The van der Waals surface area contributed by atoms with Crippen LogP contribution in [0.2, 0.25) is 5.02 Å². The number of carbonyl (C=O) groups excluding carboxylic acids is 4. The fraction of sp³-hybridized carbons (Fsp3) is 0.576. The third-order valence-corrected chi connectivity index (χ3v) is 10.4. The average Bonchev–Trinajstić information content (AvgIpc) is 3.61. The third kappa shape index (κ3) is 6.73. The molecule has 12 heteroatoms. The molecule has 3 amide bonds. The largest absolute Gasteiger partial charge is 0.460 e. The van der Waals surface area contributed by atoms with E-state index in [2.05, 4.69) is 34.4 Å². The Morgan fingerprint density at radius 1 is 1.27 bits per heavy atom. The molecule has 3 heterocycles. The average molecular weight is 709 g/mol. The summed E-state index contributed by atoms with van der Waals surface area (Å²) in [5.41, 5.74) is -0.783. The highest BCUT2D eigenvalue weighted by molar-refractivity contribution is 9.09. The van der Waals surface area contributed by atoms with E-state index in [4.69, 9.17) is 21.1 Å². The lowest BCUT2D eigenvalue weighted by Gasteiger charge is -2.41. The summed E-state index contributed by atoms with van der Waals surface area (Å²) < 4.78 is 12.4. The molecule has 2 N–H and O–H groups in total. The van der Waals surface area contributed by atoms with Gasteiger partial charge in [0.25, 0.3) is 5.91 Å². The summed E-state index contributed by atoms with van der Waals surface area (Å²) in [4.78, 5) is 57.8. The smallest absolute Gasteiger partial charge is 0.312 e. The van der Waals surface area contributed by atoms with Gasteiger partial charge in [-0.25, -0.2) is 0 Å². The van der Waals surface area contributed by atoms with Crippen LogP contribution in [0.3, 0.4) is 0 Å². The number of likely N-dealkylation sites (tertiary alicyclic amines) is 1. The summed E-state index contributed by atoms with van der Waals surface area (Å²) in [5.74, 6) is -3.78. The fourth-order valence-electron chi connectivity index (χ4n) is 6.91. The van der Waals surface area contributed by atoms with E-state index in [9.17, 15) is 24.3 Å². The molecule has 4 rings (SSSR count). The quantitative estimate of drug-likeness (QED) is 0.160. The number of amides is 3. The maximum absolute atomic E-state index is 14.7. The van der Waals surface area contributed by atoms with Crippen LogP contribution < -0.4 is 10.2 Å². The number of esters is 1. The Morgan fingerprint density at radius 3 is 2.56 bits per heavy atom. The van der Waals surface area contributed by atoms with Gasteiger partial charge in [-0.05, 0) is 49.9 Å². The topological polar surface area (TPSA) is 125 Å². The Hall–Kier alpha value is -2.73. The summed E-state index contributed by atoms with van der Waals surface area (Å²) in [6, 6.07) is 4.98. The van der Waals surface area contributed by atoms with Crippen molar-refractivity contribution in [1.82, 2.24) is 10.2 Å². The summed E-state index contributed by atoms with van der Waals surface area (Å²) in [6.07, 6.45) is 3.63. The Bertz CT molecular complexity index is 1300. The van der Waals surface area contributed by atoms with E-state index in [1.165, 1.54) is 9.80 Å². The fourth-order valence-corrected chi connectivity index (χ4v) is 7.97. The van der Waals surface area contributed by atoms with Crippen molar-refractivity contribution >= 4 is 56.9 Å². The number of nitrogens with one attached hydrogen (secondary N) is 1. The molecule has 0 saturated carbocycles. The number of benzene rings is 1. The minimum atomic E-state index is -1.34. The van der Waals surface area contributed by atoms with Crippen molar-refractivity contribution in [2.75, 3.05) is 24.6 Å². The Morgan fingerprint density at radius 2 is 1.96 bits per heavy atom. The number of aliphatic hydroxyl groups is 1. The monoisotopic (exact) mass is 707 g/mol. The number of nitrogens with zero attached hydrogens (tertiary/aromatic N) is 2. The van der Waals surface area contributed by atoms with Gasteiger partial charge in [0.15, 0.2) is 0 Å². The summed E-state index contributed by atoms with van der Waals surface area (Å²) in [7, 11) is 0. The second kappa shape index (κ2) is 14.8. The van der Waals surface area contributed by atoms with Gasteiger partial charge in [0.05, 0.1) is 37.1 Å². The molecule has 1 aromatic carbocycles. The maximum Gasteiger partial charge on any atom is 0.312 e. The molecule has 1 spiro atoms. The van der Waals surface area contributed by atoms with Crippen molar-refractivity contribution in [2.45, 2.75) is 81.2 Å². The molecule has 3 aliphatic heterocycles. The molecule has 246 valence electrons. The highest BCUT2D eigenvalue weighted by Gasteiger charge is 2.77. The zero-order valence-electron chi connectivity index (χ0n) is 26.0. The third-order valence-electron chi connectivity index (χ3n) is 9.27.